The quantitative estimate of drug-likeness (QED) is 0.340. The summed E-state index contributed by atoms with van der Waals surface area (Å²) in [4.78, 5) is 0. The van der Waals surface area contributed by atoms with E-state index in [1.165, 1.54) is 0 Å². The van der Waals surface area contributed by atoms with Crippen molar-refractivity contribution < 1.29 is 39.0 Å². The summed E-state index contributed by atoms with van der Waals surface area (Å²) in [5.41, 5.74) is 0. The zero-order chi connectivity index (χ0) is 0. The Morgan fingerprint density at radius 3 is 0.500 bits per heavy atom. The van der Waals surface area contributed by atoms with E-state index in [4.69, 9.17) is 0 Å². The van der Waals surface area contributed by atoms with Crippen molar-refractivity contribution in [2.24, 2.45) is 0 Å². The topological polar surface area (TPSA) is 126 Å². The van der Waals surface area contributed by atoms with Gasteiger partial charge in [0.15, 0.2) is 0 Å². The van der Waals surface area contributed by atoms with Gasteiger partial charge in [0.25, 0.3) is 0 Å². The molecule has 0 aliphatic carbocycles. The van der Waals surface area contributed by atoms with Crippen molar-refractivity contribution in [3.05, 3.63) is 0 Å². The second-order valence-electron chi connectivity index (χ2n) is 0. The molecule has 0 saturated carbocycles. The summed E-state index contributed by atoms with van der Waals surface area (Å²) in [6.45, 7) is 0. The molecule has 0 aromatic heterocycles. The fraction of sp³-hybridized carbons (Fsp3) is 0. The molecule has 0 atom stereocenters. The smallest absolute Gasteiger partial charge is 0 e. The van der Waals surface area contributed by atoms with Crippen molar-refractivity contribution in [1.82, 2.24) is 0 Å². The summed E-state index contributed by atoms with van der Waals surface area (Å²) in [5.74, 6) is 0. The van der Waals surface area contributed by atoms with Gasteiger partial charge in [0.05, 0.1) is 0 Å². The van der Waals surface area contributed by atoms with Gasteiger partial charge in [-0.2, -0.15) is 0 Å². The SMILES string of the molecule is Cl.O.O.O.O.[Mn]. The van der Waals surface area contributed by atoms with Gasteiger partial charge < -0.3 is 21.9 Å². The predicted molar refractivity (Wildman–Crippen MR) is 21.7 cm³/mol. The molecule has 0 fully saturated rings. The molecule has 8 N–H and O–H groups in total. The van der Waals surface area contributed by atoms with E-state index in [0.29, 0.717) is 0 Å². The van der Waals surface area contributed by atoms with Gasteiger partial charge in [-0.3, -0.25) is 0 Å². The molecule has 0 heterocycles. The summed E-state index contributed by atoms with van der Waals surface area (Å²) in [5, 5.41) is 0. The largest absolute Gasteiger partial charge is 0.412 e. The Balaban J connectivity index is 0. The van der Waals surface area contributed by atoms with Crippen molar-refractivity contribution in [3.63, 3.8) is 0 Å². The van der Waals surface area contributed by atoms with E-state index < -0.39 is 0 Å². The van der Waals surface area contributed by atoms with Crippen LogP contribution in [0.3, 0.4) is 0 Å². The van der Waals surface area contributed by atoms with Crippen LogP contribution in [0.5, 0.6) is 0 Å². The maximum absolute atomic E-state index is 0. The Labute approximate surface area is 52.0 Å². The number of halogens is 1. The normalized spacial score (nSPS) is 0. The maximum atomic E-state index is 0. The van der Waals surface area contributed by atoms with Crippen LogP contribution < -0.4 is 0 Å². The predicted octanol–water partition coefficient (Wildman–Crippen LogP) is -2.88. The summed E-state index contributed by atoms with van der Waals surface area (Å²) in [6.07, 6.45) is 0. The Kier molecular flexibility index (Phi) is 24300. The molecule has 0 unspecified atom stereocenters. The second kappa shape index (κ2) is 290. The molecule has 0 bridgehead atoms. The second-order valence-corrected chi connectivity index (χ2v) is 0. The van der Waals surface area contributed by atoms with E-state index in [9.17, 15) is 0 Å². The fourth-order valence-corrected chi connectivity index (χ4v) is 0. The summed E-state index contributed by atoms with van der Waals surface area (Å²) in [6, 6.07) is 0. The van der Waals surface area contributed by atoms with Crippen LogP contribution in [0.15, 0.2) is 0 Å². The molecule has 6 heavy (non-hydrogen) atoms. The molecule has 0 aliphatic rings. The summed E-state index contributed by atoms with van der Waals surface area (Å²) < 4.78 is 0. The first-order valence-electron chi connectivity index (χ1n) is 0. The number of rotatable bonds is 0. The van der Waals surface area contributed by atoms with Crippen LogP contribution in [-0.2, 0) is 17.1 Å². The van der Waals surface area contributed by atoms with Crippen LogP contribution in [0.25, 0.3) is 0 Å². The van der Waals surface area contributed by atoms with E-state index in [2.05, 4.69) is 0 Å². The van der Waals surface area contributed by atoms with Gasteiger partial charge in [0.1, 0.15) is 0 Å². The van der Waals surface area contributed by atoms with Gasteiger partial charge in [-0.25, -0.2) is 0 Å². The van der Waals surface area contributed by atoms with E-state index in [0.717, 1.165) is 0 Å². The van der Waals surface area contributed by atoms with E-state index in [1.807, 2.05) is 0 Å². The minimum Gasteiger partial charge on any atom is -0.412 e. The van der Waals surface area contributed by atoms with Gasteiger partial charge in [-0.15, -0.1) is 12.4 Å². The monoisotopic (exact) mass is 163 g/mol. The van der Waals surface area contributed by atoms with Crippen molar-refractivity contribution in [2.75, 3.05) is 0 Å². The Morgan fingerprint density at radius 2 is 0.500 bits per heavy atom. The van der Waals surface area contributed by atoms with Crippen LogP contribution in [0, 0.1) is 0 Å². The Bertz CT molecular complexity index is 7.51. The van der Waals surface area contributed by atoms with Gasteiger partial charge in [0, 0.05) is 17.1 Å². The molecule has 4 nitrogen and oxygen atoms in total. The van der Waals surface area contributed by atoms with Gasteiger partial charge in [-0.05, 0) is 0 Å². The molecule has 0 spiro atoms. The Morgan fingerprint density at radius 1 is 0.500 bits per heavy atom. The third kappa shape index (κ3) is 147. The summed E-state index contributed by atoms with van der Waals surface area (Å²) in [7, 11) is 0. The zero-order valence-electron chi connectivity index (χ0n) is 2.79. The average molecular weight is 163 g/mol. The molecular weight excluding hydrogens is 154 g/mol. The van der Waals surface area contributed by atoms with Crippen LogP contribution in [0.4, 0.5) is 0 Å². The number of hydrogen-bond donors (Lipinski definition) is 0. The minimum absolute atomic E-state index is 0. The standard InChI is InChI=1S/ClH.Mn.4H2O/h1H;;4*1H2. The third-order valence-electron chi connectivity index (χ3n) is 0. The molecule has 0 aromatic rings. The molecule has 0 aliphatic heterocycles. The van der Waals surface area contributed by atoms with E-state index >= 15 is 0 Å². The van der Waals surface area contributed by atoms with Crippen molar-refractivity contribution in [2.45, 2.75) is 0 Å². The van der Waals surface area contributed by atoms with Gasteiger partial charge in [0.2, 0.25) is 0 Å². The minimum atomic E-state index is 0. The van der Waals surface area contributed by atoms with Crippen molar-refractivity contribution >= 4 is 12.4 Å². The van der Waals surface area contributed by atoms with Crippen LogP contribution in [0.1, 0.15) is 0 Å². The van der Waals surface area contributed by atoms with E-state index in [-0.39, 0.29) is 51.4 Å². The Hall–Kier alpha value is 0.649. The molecule has 0 saturated heterocycles. The first-order valence-corrected chi connectivity index (χ1v) is 0. The third-order valence-corrected chi connectivity index (χ3v) is 0. The van der Waals surface area contributed by atoms with Crippen molar-refractivity contribution in [3.8, 4) is 0 Å². The molecule has 0 aromatic carbocycles. The number of hydrogen-bond acceptors (Lipinski definition) is 0. The van der Waals surface area contributed by atoms with Crippen LogP contribution >= 0.6 is 12.4 Å². The fourth-order valence-electron chi connectivity index (χ4n) is 0. The van der Waals surface area contributed by atoms with Crippen LogP contribution in [0.2, 0.25) is 0 Å². The first kappa shape index (κ1) is 503. The first-order chi connectivity index (χ1) is 0. The van der Waals surface area contributed by atoms with Crippen LogP contribution in [-0.4, -0.2) is 21.9 Å². The van der Waals surface area contributed by atoms with E-state index in [1.54, 1.807) is 0 Å². The molecular formula is H9ClMnO4. The summed E-state index contributed by atoms with van der Waals surface area (Å²) >= 11 is 0. The molecule has 47 valence electrons. The zero-order valence-corrected chi connectivity index (χ0v) is 4.78. The van der Waals surface area contributed by atoms with Gasteiger partial charge >= 0.3 is 0 Å². The maximum Gasteiger partial charge on any atom is 0 e. The molecule has 1 radical (unpaired) electrons. The molecule has 6 heteroatoms. The van der Waals surface area contributed by atoms with Gasteiger partial charge in [-0.1, -0.05) is 0 Å². The van der Waals surface area contributed by atoms with Crippen molar-refractivity contribution in [1.29, 1.82) is 0 Å². The molecule has 0 rings (SSSR count). The molecule has 0 amide bonds. The average Bonchev–Trinajstić information content (AvgIpc) is 0.